The molecule has 1 aliphatic heterocycles. The number of imidazole rings is 1. The number of ether oxygens (including phenoxy) is 2. The molecule has 2 aliphatic rings. The Bertz CT molecular complexity index is 1050. The molecule has 1 aliphatic carbocycles. The van der Waals surface area contributed by atoms with E-state index in [9.17, 15) is 18.9 Å². The van der Waals surface area contributed by atoms with Crippen molar-refractivity contribution in [3.05, 3.63) is 12.7 Å². The summed E-state index contributed by atoms with van der Waals surface area (Å²) < 4.78 is 53.2. The number of anilines is 1. The highest BCUT2D eigenvalue weighted by Gasteiger charge is 2.62. The van der Waals surface area contributed by atoms with Crippen molar-refractivity contribution in [2.24, 2.45) is 5.92 Å². The summed E-state index contributed by atoms with van der Waals surface area (Å²) in [5, 5.41) is 0. The van der Waals surface area contributed by atoms with Gasteiger partial charge in [-0.3, -0.25) is 22.7 Å². The summed E-state index contributed by atoms with van der Waals surface area (Å²) >= 11 is 0. The largest absolute Gasteiger partial charge is 0.474 e. The van der Waals surface area contributed by atoms with E-state index < -0.39 is 51.5 Å². The van der Waals surface area contributed by atoms with Crippen molar-refractivity contribution in [2.75, 3.05) is 27.1 Å². The molecule has 4 N–H and O–H groups in total. The Hall–Kier alpha value is -1.47. The minimum Gasteiger partial charge on any atom is -0.382 e. The van der Waals surface area contributed by atoms with Crippen LogP contribution in [0.4, 0.5) is 5.82 Å². The van der Waals surface area contributed by atoms with E-state index in [0.29, 0.717) is 11.2 Å². The highest BCUT2D eigenvalue weighted by atomic mass is 31.2. The van der Waals surface area contributed by atoms with Gasteiger partial charge in [-0.15, -0.1) is 0 Å². The lowest BCUT2D eigenvalue weighted by atomic mass is 10.1. The van der Waals surface area contributed by atoms with Gasteiger partial charge in [-0.05, 0) is 6.42 Å². The second-order valence-electron chi connectivity index (χ2n) is 7.21. The van der Waals surface area contributed by atoms with Gasteiger partial charge in [-0.1, -0.05) is 0 Å². The summed E-state index contributed by atoms with van der Waals surface area (Å²) in [5.74, 6) is -0.378. The SMILES string of the molecule is COC1C(OP(=O)(OC)OC)[C@@H](C2CC2P(=O)(O)O)O[C@H]1n1cnc2c(N)ncnc21. The van der Waals surface area contributed by atoms with Crippen LogP contribution in [-0.2, 0) is 32.2 Å². The van der Waals surface area contributed by atoms with E-state index in [4.69, 9.17) is 28.8 Å². The number of nitrogens with two attached hydrogens (primary N) is 1. The molecule has 2 fully saturated rings. The number of phosphoric acid groups is 1. The lowest BCUT2D eigenvalue weighted by molar-refractivity contribution is -0.0527. The Morgan fingerprint density at radius 3 is 2.45 bits per heavy atom. The van der Waals surface area contributed by atoms with Gasteiger partial charge in [-0.25, -0.2) is 19.5 Å². The summed E-state index contributed by atoms with van der Waals surface area (Å²) in [5.41, 5.74) is 5.66. The molecule has 1 saturated heterocycles. The number of rotatable bonds is 8. The Labute approximate surface area is 176 Å². The molecule has 3 heterocycles. The fraction of sp³-hybridized carbons (Fsp3) is 0.667. The molecule has 14 nitrogen and oxygen atoms in total. The van der Waals surface area contributed by atoms with E-state index in [-0.39, 0.29) is 12.2 Å². The average molecular weight is 479 g/mol. The number of hydrogen-bond acceptors (Lipinski definition) is 11. The molecule has 2 aromatic heterocycles. The summed E-state index contributed by atoms with van der Waals surface area (Å²) in [6, 6.07) is 0. The molecule has 0 radical (unpaired) electrons. The third-order valence-corrected chi connectivity index (χ3v) is 8.37. The van der Waals surface area contributed by atoms with Crippen molar-refractivity contribution in [3.63, 3.8) is 0 Å². The quantitative estimate of drug-likeness (QED) is 0.448. The van der Waals surface area contributed by atoms with Crippen LogP contribution < -0.4 is 5.73 Å². The topological polar surface area (TPSA) is 190 Å². The first-order valence-corrected chi connectivity index (χ1v) is 12.3. The molecule has 4 unspecified atom stereocenters. The molecule has 6 atom stereocenters. The van der Waals surface area contributed by atoms with Gasteiger partial charge < -0.3 is 25.0 Å². The third-order valence-electron chi connectivity index (χ3n) is 5.52. The first kappa shape index (κ1) is 22.7. The number of hydrogen-bond donors (Lipinski definition) is 3. The molecule has 0 spiro atoms. The number of fused-ring (bicyclic) bond motifs is 1. The zero-order valence-corrected chi connectivity index (χ0v) is 18.6. The predicted octanol–water partition coefficient (Wildman–Crippen LogP) is 0.673. The van der Waals surface area contributed by atoms with Gasteiger partial charge in [0.1, 0.15) is 24.1 Å². The molecule has 31 heavy (non-hydrogen) atoms. The van der Waals surface area contributed by atoms with Crippen LogP contribution in [0.5, 0.6) is 0 Å². The van der Waals surface area contributed by atoms with Crippen LogP contribution in [0.1, 0.15) is 12.6 Å². The molecular formula is C15H23N5O9P2. The van der Waals surface area contributed by atoms with E-state index >= 15 is 0 Å². The Morgan fingerprint density at radius 2 is 1.87 bits per heavy atom. The summed E-state index contributed by atoms with van der Waals surface area (Å²) in [4.78, 5) is 31.5. The van der Waals surface area contributed by atoms with E-state index in [1.165, 1.54) is 19.8 Å². The average Bonchev–Trinajstić information content (AvgIpc) is 3.31. The van der Waals surface area contributed by atoms with Gasteiger partial charge in [0.05, 0.1) is 18.1 Å². The zero-order chi connectivity index (χ0) is 22.6. The van der Waals surface area contributed by atoms with Crippen LogP contribution in [0.25, 0.3) is 11.2 Å². The van der Waals surface area contributed by atoms with Crippen molar-refractivity contribution in [3.8, 4) is 0 Å². The molecule has 1 saturated carbocycles. The minimum absolute atomic E-state index is 0.173. The molecule has 172 valence electrons. The van der Waals surface area contributed by atoms with Crippen LogP contribution in [0.15, 0.2) is 12.7 Å². The maximum atomic E-state index is 12.7. The zero-order valence-electron chi connectivity index (χ0n) is 16.8. The standard InChI is InChI=1S/C15H23N5O9P2/c1-25-12-11(29-31(24,26-2)27-3)10(7-4-8(7)30(21,22)23)28-15(12)20-6-19-9-13(16)17-5-18-14(9)20/h5-8,10-12,15H,4H2,1-3H3,(H2,16,17,18)(H2,21,22,23)/t7?,8?,10-,11?,12?,15-/m1/s1. The normalized spacial score (nSPS) is 31.4. The fourth-order valence-electron chi connectivity index (χ4n) is 3.91. The third kappa shape index (κ3) is 4.04. The Balaban J connectivity index is 1.73. The molecule has 4 rings (SSSR count). The number of methoxy groups -OCH3 is 1. The highest BCUT2D eigenvalue weighted by Crippen LogP contribution is 2.63. The van der Waals surface area contributed by atoms with Crippen LogP contribution in [0, 0.1) is 5.92 Å². The van der Waals surface area contributed by atoms with Gasteiger partial charge in [-0.2, -0.15) is 0 Å². The number of aromatic nitrogens is 4. The first-order valence-electron chi connectivity index (χ1n) is 9.20. The van der Waals surface area contributed by atoms with Gasteiger partial charge in [0, 0.05) is 27.2 Å². The molecule has 16 heteroatoms. The van der Waals surface area contributed by atoms with Gasteiger partial charge in [0.15, 0.2) is 17.7 Å². The fourth-order valence-corrected chi connectivity index (χ4v) is 5.96. The highest BCUT2D eigenvalue weighted by molar-refractivity contribution is 7.53. The van der Waals surface area contributed by atoms with Gasteiger partial charge >= 0.3 is 15.4 Å². The number of nitrogens with zero attached hydrogens (tertiary/aromatic N) is 4. The summed E-state index contributed by atoms with van der Waals surface area (Å²) in [7, 11) is -4.60. The smallest absolute Gasteiger partial charge is 0.382 e. The maximum absolute atomic E-state index is 12.7. The molecule has 0 bridgehead atoms. The lowest BCUT2D eigenvalue weighted by Crippen LogP contribution is -2.37. The van der Waals surface area contributed by atoms with Crippen molar-refractivity contribution in [1.29, 1.82) is 0 Å². The predicted molar refractivity (Wildman–Crippen MR) is 105 cm³/mol. The Kier molecular flexibility index (Phi) is 5.97. The van der Waals surface area contributed by atoms with Crippen LogP contribution in [0.2, 0.25) is 0 Å². The Morgan fingerprint density at radius 1 is 1.16 bits per heavy atom. The van der Waals surface area contributed by atoms with Gasteiger partial charge in [0.25, 0.3) is 0 Å². The van der Waals surface area contributed by atoms with Gasteiger partial charge in [0.2, 0.25) is 0 Å². The van der Waals surface area contributed by atoms with Crippen molar-refractivity contribution in [2.45, 2.75) is 36.6 Å². The minimum atomic E-state index is -4.34. The molecule has 0 aromatic carbocycles. The van der Waals surface area contributed by atoms with Crippen molar-refractivity contribution in [1.82, 2.24) is 19.5 Å². The molecule has 2 aromatic rings. The van der Waals surface area contributed by atoms with Crippen molar-refractivity contribution >= 4 is 32.4 Å². The monoisotopic (exact) mass is 479 g/mol. The summed E-state index contributed by atoms with van der Waals surface area (Å²) in [6.45, 7) is 0. The first-order chi connectivity index (χ1) is 14.6. The lowest BCUT2D eigenvalue weighted by Gasteiger charge is -2.26. The summed E-state index contributed by atoms with van der Waals surface area (Å²) in [6.07, 6.45) is -0.725. The van der Waals surface area contributed by atoms with Crippen LogP contribution >= 0.6 is 15.4 Å². The van der Waals surface area contributed by atoms with Crippen LogP contribution in [-0.4, -0.2) is 74.6 Å². The molecule has 0 amide bonds. The van der Waals surface area contributed by atoms with E-state index in [0.717, 1.165) is 14.2 Å². The van der Waals surface area contributed by atoms with E-state index in [1.54, 1.807) is 4.57 Å². The number of nitrogen functional groups attached to an aromatic ring is 1. The van der Waals surface area contributed by atoms with Crippen LogP contribution in [0.3, 0.4) is 0 Å². The maximum Gasteiger partial charge on any atom is 0.474 e. The van der Waals surface area contributed by atoms with Crippen molar-refractivity contribution < 1.29 is 42.0 Å². The van der Waals surface area contributed by atoms with E-state index in [1.807, 2.05) is 0 Å². The second-order valence-corrected chi connectivity index (χ2v) is 10.9. The molecular weight excluding hydrogens is 456 g/mol. The second kappa shape index (κ2) is 8.14. The number of phosphoric ester groups is 1. The van der Waals surface area contributed by atoms with E-state index in [2.05, 4.69) is 15.0 Å².